The first kappa shape index (κ1) is 15.9. The quantitative estimate of drug-likeness (QED) is 0.839. The van der Waals surface area contributed by atoms with Crippen LogP contribution >= 0.6 is 27.3 Å². The summed E-state index contributed by atoms with van der Waals surface area (Å²) in [6.45, 7) is 2.77. The third-order valence-electron chi connectivity index (χ3n) is 4.82. The van der Waals surface area contributed by atoms with E-state index < -0.39 is 15.6 Å². The zero-order chi connectivity index (χ0) is 15.3. The number of aryl methyl sites for hydroxylation is 1. The van der Waals surface area contributed by atoms with Gasteiger partial charge in [-0.25, -0.2) is 8.42 Å². The van der Waals surface area contributed by atoms with Crippen LogP contribution in [0.25, 0.3) is 0 Å². The monoisotopic (exact) mass is 393 g/mol. The van der Waals surface area contributed by atoms with Gasteiger partial charge in [-0.1, -0.05) is 12.8 Å². The molecule has 0 spiro atoms. The van der Waals surface area contributed by atoms with Crippen molar-refractivity contribution in [2.24, 2.45) is 5.92 Å². The van der Waals surface area contributed by atoms with Gasteiger partial charge in [0, 0.05) is 19.0 Å². The third-order valence-corrected chi connectivity index (χ3v) is 9.27. The van der Waals surface area contributed by atoms with Crippen LogP contribution in [0, 0.1) is 12.8 Å². The summed E-state index contributed by atoms with van der Waals surface area (Å²) in [5, 5.41) is 10.7. The molecule has 7 heteroatoms. The van der Waals surface area contributed by atoms with E-state index in [-0.39, 0.29) is 5.92 Å². The Labute approximate surface area is 138 Å². The summed E-state index contributed by atoms with van der Waals surface area (Å²) in [4.78, 5) is 0. The summed E-state index contributed by atoms with van der Waals surface area (Å²) in [7, 11) is -3.43. The molecule has 2 aliphatic rings. The Morgan fingerprint density at radius 3 is 2.86 bits per heavy atom. The van der Waals surface area contributed by atoms with Crippen LogP contribution in [0.3, 0.4) is 0 Å². The van der Waals surface area contributed by atoms with E-state index in [4.69, 9.17) is 0 Å². The Balaban J connectivity index is 1.84. The number of piperidine rings is 1. The van der Waals surface area contributed by atoms with Crippen LogP contribution in [-0.4, -0.2) is 36.5 Å². The largest absolute Gasteiger partial charge is 0.390 e. The Morgan fingerprint density at radius 2 is 2.19 bits per heavy atom. The molecule has 1 aromatic rings. The van der Waals surface area contributed by atoms with Crippen LogP contribution in [-0.2, 0) is 10.0 Å². The lowest BCUT2D eigenvalue weighted by Crippen LogP contribution is -2.54. The van der Waals surface area contributed by atoms with E-state index in [2.05, 4.69) is 15.9 Å². The summed E-state index contributed by atoms with van der Waals surface area (Å²) in [5.74, 6) is 0.0827. The molecule has 1 saturated carbocycles. The maximum Gasteiger partial charge on any atom is 0.252 e. The maximum absolute atomic E-state index is 12.8. The van der Waals surface area contributed by atoms with Crippen LogP contribution in [0.1, 0.15) is 37.7 Å². The van der Waals surface area contributed by atoms with Gasteiger partial charge in [0.2, 0.25) is 0 Å². The predicted octanol–water partition coefficient (Wildman–Crippen LogP) is 3.13. The van der Waals surface area contributed by atoms with Crippen LogP contribution in [0.5, 0.6) is 0 Å². The summed E-state index contributed by atoms with van der Waals surface area (Å²) >= 11 is 4.66. The summed E-state index contributed by atoms with van der Waals surface area (Å²) in [6, 6.07) is 1.73. The van der Waals surface area contributed by atoms with Crippen LogP contribution in [0.15, 0.2) is 14.1 Å². The molecular formula is C14H20BrNO3S2. The fourth-order valence-electron chi connectivity index (χ4n) is 3.44. The van der Waals surface area contributed by atoms with E-state index in [0.29, 0.717) is 23.7 Å². The van der Waals surface area contributed by atoms with Crippen molar-refractivity contribution in [2.45, 2.75) is 48.8 Å². The maximum atomic E-state index is 12.8. The molecule has 2 atom stereocenters. The normalized spacial score (nSPS) is 31.1. The lowest BCUT2D eigenvalue weighted by atomic mass is 9.72. The molecule has 1 aliphatic carbocycles. The highest BCUT2D eigenvalue weighted by Gasteiger charge is 2.45. The van der Waals surface area contributed by atoms with E-state index in [1.165, 1.54) is 11.3 Å². The molecule has 2 heterocycles. The molecule has 1 aliphatic heterocycles. The number of thiophene rings is 1. The highest BCUT2D eigenvalue weighted by molar-refractivity contribution is 9.11. The molecule has 0 radical (unpaired) electrons. The van der Waals surface area contributed by atoms with Crippen LogP contribution in [0.4, 0.5) is 0 Å². The SMILES string of the molecule is Cc1cc(S(=O)(=O)N2CCC3(O)CCCCC3C2)sc1Br. The molecule has 2 fully saturated rings. The van der Waals surface area contributed by atoms with Gasteiger partial charge in [-0.2, -0.15) is 4.31 Å². The van der Waals surface area contributed by atoms with Gasteiger partial charge >= 0.3 is 0 Å². The Kier molecular flexibility index (Phi) is 4.25. The summed E-state index contributed by atoms with van der Waals surface area (Å²) in [5.41, 5.74) is 0.306. The van der Waals surface area contributed by atoms with Crippen LogP contribution < -0.4 is 0 Å². The Hall–Kier alpha value is 0.0500. The van der Waals surface area contributed by atoms with Crippen molar-refractivity contribution in [1.29, 1.82) is 0 Å². The number of aliphatic hydroxyl groups is 1. The van der Waals surface area contributed by atoms with Crippen molar-refractivity contribution in [3.63, 3.8) is 0 Å². The molecule has 21 heavy (non-hydrogen) atoms. The van der Waals surface area contributed by atoms with E-state index in [9.17, 15) is 13.5 Å². The van der Waals surface area contributed by atoms with Crippen molar-refractivity contribution in [2.75, 3.05) is 13.1 Å². The van der Waals surface area contributed by atoms with Crippen molar-refractivity contribution in [1.82, 2.24) is 4.31 Å². The van der Waals surface area contributed by atoms with Gasteiger partial charge in [0.1, 0.15) is 4.21 Å². The van der Waals surface area contributed by atoms with E-state index in [0.717, 1.165) is 35.0 Å². The second-order valence-electron chi connectivity index (χ2n) is 6.18. The Morgan fingerprint density at radius 1 is 1.43 bits per heavy atom. The number of sulfonamides is 1. The predicted molar refractivity (Wildman–Crippen MR) is 87.0 cm³/mol. The molecular weight excluding hydrogens is 374 g/mol. The van der Waals surface area contributed by atoms with Gasteiger partial charge in [-0.15, -0.1) is 11.3 Å². The number of rotatable bonds is 2. The van der Waals surface area contributed by atoms with Crippen molar-refractivity contribution >= 4 is 37.3 Å². The molecule has 0 amide bonds. The lowest BCUT2D eigenvalue weighted by molar-refractivity contribution is -0.0816. The van der Waals surface area contributed by atoms with Gasteiger partial charge in [-0.3, -0.25) is 0 Å². The second kappa shape index (κ2) is 5.60. The molecule has 4 nitrogen and oxygen atoms in total. The minimum atomic E-state index is -3.43. The first-order chi connectivity index (χ1) is 9.83. The van der Waals surface area contributed by atoms with Gasteiger partial charge in [-0.05, 0) is 53.7 Å². The van der Waals surface area contributed by atoms with E-state index in [1.54, 1.807) is 10.4 Å². The first-order valence-corrected chi connectivity index (χ1v) is 10.4. The molecule has 2 unspecified atom stereocenters. The number of hydrogen-bond donors (Lipinski definition) is 1. The standard InChI is InChI=1S/C14H20BrNO3S2/c1-10-8-12(20-13(10)15)21(18,19)16-7-6-14(17)5-3-2-4-11(14)9-16/h8,11,17H,2-7,9H2,1H3. The zero-order valence-electron chi connectivity index (χ0n) is 12.0. The number of fused-ring (bicyclic) bond motifs is 1. The van der Waals surface area contributed by atoms with Gasteiger partial charge in [0.25, 0.3) is 10.0 Å². The fourth-order valence-corrected chi connectivity index (χ4v) is 7.31. The molecule has 0 bridgehead atoms. The number of halogens is 1. The fraction of sp³-hybridized carbons (Fsp3) is 0.714. The third kappa shape index (κ3) is 2.83. The van der Waals surface area contributed by atoms with Crippen molar-refractivity contribution < 1.29 is 13.5 Å². The topological polar surface area (TPSA) is 57.6 Å². The second-order valence-corrected chi connectivity index (χ2v) is 10.7. The average molecular weight is 394 g/mol. The smallest absolute Gasteiger partial charge is 0.252 e. The summed E-state index contributed by atoms with van der Waals surface area (Å²) in [6.07, 6.45) is 4.44. The number of nitrogens with zero attached hydrogens (tertiary/aromatic N) is 1. The zero-order valence-corrected chi connectivity index (χ0v) is 15.2. The van der Waals surface area contributed by atoms with Gasteiger partial charge in [0.15, 0.2) is 0 Å². The van der Waals surface area contributed by atoms with Gasteiger partial charge < -0.3 is 5.11 Å². The molecule has 0 aromatic carbocycles. The highest BCUT2D eigenvalue weighted by Crippen LogP contribution is 2.42. The number of hydrogen-bond acceptors (Lipinski definition) is 4. The first-order valence-electron chi connectivity index (χ1n) is 7.31. The minimum absolute atomic E-state index is 0.0827. The van der Waals surface area contributed by atoms with Crippen molar-refractivity contribution in [3.8, 4) is 0 Å². The Bertz CT molecular complexity index is 623. The summed E-state index contributed by atoms with van der Waals surface area (Å²) < 4.78 is 28.4. The molecule has 1 N–H and O–H groups in total. The minimum Gasteiger partial charge on any atom is -0.390 e. The highest BCUT2D eigenvalue weighted by atomic mass is 79.9. The average Bonchev–Trinajstić information content (AvgIpc) is 2.78. The molecule has 118 valence electrons. The molecule has 1 aromatic heterocycles. The molecule has 3 rings (SSSR count). The van der Waals surface area contributed by atoms with E-state index >= 15 is 0 Å². The van der Waals surface area contributed by atoms with Gasteiger partial charge in [0.05, 0.1) is 9.39 Å². The van der Waals surface area contributed by atoms with E-state index in [1.807, 2.05) is 6.92 Å². The molecule has 1 saturated heterocycles. The van der Waals surface area contributed by atoms with Crippen LogP contribution in [0.2, 0.25) is 0 Å². The lowest BCUT2D eigenvalue weighted by Gasteiger charge is -2.46. The van der Waals surface area contributed by atoms with Crippen molar-refractivity contribution in [3.05, 3.63) is 15.4 Å².